The molecule has 7 aromatic rings. The van der Waals surface area contributed by atoms with E-state index < -0.39 is 154 Å². The summed E-state index contributed by atoms with van der Waals surface area (Å²) in [6.45, 7) is 1.08. The van der Waals surface area contributed by atoms with Crippen molar-refractivity contribution in [2.45, 2.75) is 31.4 Å². The third kappa shape index (κ3) is 15.9. The average Bonchev–Trinajstić information content (AvgIpc) is 3.28. The third-order valence-corrected chi connectivity index (χ3v) is 15.0. The second-order valence-corrected chi connectivity index (χ2v) is 22.6. The summed E-state index contributed by atoms with van der Waals surface area (Å²) in [4.78, 5) is 46.0. The van der Waals surface area contributed by atoms with Gasteiger partial charge in [0.15, 0.2) is 11.6 Å². The SMILES string of the molecule is CC(=O)Nc1cc(N=Nc2cc3c(S(=O)(=O)[O-])cc(S(=O)(=O)[O-])cc3cc2S(=O)(=O)[O-])ccc1Nc1nc(Cl)nc(Nc2cc(Nc3cc(S(=O)(=O)[O-])c(N)c4c3C(=O)c3ccccc3C4=O)ccc2S(=O)(=O)[O-])n1.[Na+].[Na+].[Na+].[Na+].[Na+]. The molecule has 1 aliphatic rings. The Labute approximate surface area is 568 Å². The number of halogens is 1. The van der Waals surface area contributed by atoms with E-state index in [2.05, 4.69) is 46.4 Å². The largest absolute Gasteiger partial charge is 1.00 e. The number of azo groups is 1. The Kier molecular flexibility index (Phi) is 24.0. The van der Waals surface area contributed by atoms with Crippen molar-refractivity contribution < 1.29 is 227 Å². The molecule has 0 unspecified atom stereocenters. The molecule has 39 heteroatoms. The van der Waals surface area contributed by atoms with Gasteiger partial charge in [0.05, 0.1) is 69.7 Å². The number of ketones is 2. The standard InChI is InChI=1S/C41H29ClN10O18S5.5Na/c1-17(53)44-26-13-20(51-52-28-15-24-18(11-32(28)74(65,66)67)10-21(71(56,57)58)14-31(24)73(62,63)64)6-8-25(26)46-40-48-39(42)49-41(50-40)47-27-12-19(7-9-30(27)72(59,60)61)45-29-16-33(75(68,69)70)36(43)35-34(29)37(54)22-4-2-3-5-23(22)38(35)55;;;;;/h2-16,45H,43H2,1H3,(H,44,53)(H,56,57,58)(H,59,60,61)(H,62,63,64)(H,65,66,67)(H,68,69,70)(H2,46,47,48,49,50);;;;;/q;5*+1/p-5. The molecule has 388 valence electrons. The Hall–Kier alpha value is -2.96. The van der Waals surface area contributed by atoms with E-state index >= 15 is 0 Å². The van der Waals surface area contributed by atoms with Crippen LogP contribution in [0.2, 0.25) is 5.28 Å². The molecule has 1 aromatic heterocycles. The summed E-state index contributed by atoms with van der Waals surface area (Å²) in [5.74, 6) is -3.41. The number of nitrogens with one attached hydrogen (secondary N) is 4. The molecule has 0 spiro atoms. The fraction of sp³-hybridized carbons (Fsp3) is 0.0244. The summed E-state index contributed by atoms with van der Waals surface area (Å²) in [5.41, 5.74) is 1.43. The quantitative estimate of drug-likeness (QED) is 0.0292. The number of benzene rings is 6. The minimum absolute atomic E-state index is 0. The summed E-state index contributed by atoms with van der Waals surface area (Å²) >= 11 is 6.20. The van der Waals surface area contributed by atoms with E-state index in [0.29, 0.717) is 24.3 Å². The number of fused-ring (bicyclic) bond motifs is 3. The third-order valence-electron chi connectivity index (χ3n) is 10.5. The normalized spacial score (nSPS) is 12.3. The van der Waals surface area contributed by atoms with E-state index in [-0.39, 0.29) is 188 Å². The van der Waals surface area contributed by atoms with E-state index in [0.717, 1.165) is 31.2 Å². The van der Waals surface area contributed by atoms with Crippen LogP contribution in [-0.4, -0.2) is 97.3 Å². The van der Waals surface area contributed by atoms with Gasteiger partial charge in [-0.05, 0) is 83.7 Å². The van der Waals surface area contributed by atoms with Gasteiger partial charge in [0, 0.05) is 29.1 Å². The molecule has 0 saturated heterocycles. The van der Waals surface area contributed by atoms with Crippen LogP contribution in [0.25, 0.3) is 10.8 Å². The van der Waals surface area contributed by atoms with Gasteiger partial charge in [-0.3, -0.25) is 14.4 Å². The first-order chi connectivity index (χ1) is 34.8. The van der Waals surface area contributed by atoms with Crippen LogP contribution >= 0.6 is 11.6 Å². The minimum Gasteiger partial charge on any atom is -0.744 e. The van der Waals surface area contributed by atoms with Crippen molar-refractivity contribution in [1.82, 2.24) is 15.0 Å². The molecule has 28 nitrogen and oxygen atoms in total. The van der Waals surface area contributed by atoms with Gasteiger partial charge in [-0.25, -0.2) is 42.1 Å². The van der Waals surface area contributed by atoms with E-state index in [4.69, 9.17) is 17.3 Å². The first-order valence-electron chi connectivity index (χ1n) is 20.0. The summed E-state index contributed by atoms with van der Waals surface area (Å²) in [7, 11) is -27.3. The summed E-state index contributed by atoms with van der Waals surface area (Å²) in [5, 5.41) is 16.0. The van der Waals surface area contributed by atoms with Gasteiger partial charge < -0.3 is 49.8 Å². The molecule has 6 aromatic carbocycles. The Bertz CT molecular complexity index is 4360. The summed E-state index contributed by atoms with van der Waals surface area (Å²) in [6.07, 6.45) is 0. The molecule has 1 amide bonds. The van der Waals surface area contributed by atoms with Gasteiger partial charge in [0.2, 0.25) is 23.1 Å². The van der Waals surface area contributed by atoms with Crippen molar-refractivity contribution in [3.63, 3.8) is 0 Å². The van der Waals surface area contributed by atoms with Crippen LogP contribution in [0.1, 0.15) is 38.8 Å². The fourth-order valence-corrected chi connectivity index (χ4v) is 10.8. The fourth-order valence-electron chi connectivity index (χ4n) is 7.44. The van der Waals surface area contributed by atoms with Crippen LogP contribution < -0.4 is 175 Å². The van der Waals surface area contributed by atoms with Crippen molar-refractivity contribution in [3.8, 4) is 0 Å². The molecule has 8 rings (SSSR count). The van der Waals surface area contributed by atoms with Crippen molar-refractivity contribution in [2.24, 2.45) is 10.2 Å². The number of carbonyl (C=O) groups excluding carboxylic acids is 3. The van der Waals surface area contributed by atoms with Crippen molar-refractivity contribution in [2.75, 3.05) is 27.0 Å². The zero-order chi connectivity index (χ0) is 54.9. The first kappa shape index (κ1) is 71.3. The molecule has 1 aliphatic carbocycles. The molecule has 0 bridgehead atoms. The number of nitrogens with zero attached hydrogens (tertiary/aromatic N) is 5. The van der Waals surface area contributed by atoms with Crippen LogP contribution in [0.4, 0.5) is 57.4 Å². The number of aromatic nitrogens is 3. The molecule has 6 N–H and O–H groups in total. The molecular weight excluding hydrogens is 1230 g/mol. The number of nitrogen functional groups attached to an aromatic ring is 1. The van der Waals surface area contributed by atoms with Crippen molar-refractivity contribution >= 4 is 148 Å². The zero-order valence-electron chi connectivity index (χ0n) is 41.7. The van der Waals surface area contributed by atoms with Gasteiger partial charge >= 0.3 is 148 Å². The maximum absolute atomic E-state index is 13.8. The van der Waals surface area contributed by atoms with Gasteiger partial charge in [-0.15, -0.1) is 5.11 Å². The predicted octanol–water partition coefficient (Wildman–Crippen LogP) is -10.8. The van der Waals surface area contributed by atoms with Crippen molar-refractivity contribution in [3.05, 3.63) is 119 Å². The predicted molar refractivity (Wildman–Crippen MR) is 254 cm³/mol. The number of hydrogen-bond donors (Lipinski definition) is 5. The second kappa shape index (κ2) is 27.0. The van der Waals surface area contributed by atoms with E-state index in [1.165, 1.54) is 36.4 Å². The minimum atomic E-state index is -5.56. The maximum Gasteiger partial charge on any atom is 1.00 e. The Balaban J connectivity index is 0.00000336. The Morgan fingerprint density at radius 2 is 1.09 bits per heavy atom. The molecule has 0 aliphatic heterocycles. The van der Waals surface area contributed by atoms with Crippen LogP contribution in [0.3, 0.4) is 0 Å². The topological polar surface area (TPSA) is 475 Å². The van der Waals surface area contributed by atoms with E-state index in [1.807, 2.05) is 0 Å². The van der Waals surface area contributed by atoms with Crippen LogP contribution in [0.15, 0.2) is 126 Å². The molecule has 80 heavy (non-hydrogen) atoms. The van der Waals surface area contributed by atoms with E-state index in [9.17, 15) is 79.2 Å². The molecule has 1 heterocycles. The molecule has 0 fully saturated rings. The molecule has 0 atom stereocenters. The van der Waals surface area contributed by atoms with Gasteiger partial charge in [-0.2, -0.15) is 20.1 Å². The van der Waals surface area contributed by atoms with Crippen LogP contribution in [0.5, 0.6) is 0 Å². The summed E-state index contributed by atoms with van der Waals surface area (Å²) < 4.78 is 183. The summed E-state index contributed by atoms with van der Waals surface area (Å²) in [6, 6.07) is 14.3. The number of nitrogens with two attached hydrogens (primary N) is 1. The van der Waals surface area contributed by atoms with Gasteiger partial charge in [0.1, 0.15) is 56.3 Å². The Morgan fingerprint density at radius 3 is 1.62 bits per heavy atom. The molecule has 0 saturated carbocycles. The number of rotatable bonds is 14. The average molecular weight is 1260 g/mol. The van der Waals surface area contributed by atoms with Crippen LogP contribution in [0, 0.1) is 0 Å². The molecule has 0 radical (unpaired) electrons. The first-order valence-corrected chi connectivity index (χ1v) is 27.5. The monoisotopic (exact) mass is 1250 g/mol. The number of amides is 1. The zero-order valence-corrected chi connectivity index (χ0v) is 56.6. The number of carbonyl (C=O) groups is 3. The second-order valence-electron chi connectivity index (χ2n) is 15.5. The van der Waals surface area contributed by atoms with Crippen molar-refractivity contribution in [1.29, 1.82) is 0 Å². The van der Waals surface area contributed by atoms with E-state index in [1.54, 1.807) is 0 Å². The molecular formula is C41H24ClN10Na5O18S5. The smallest absolute Gasteiger partial charge is 0.744 e. The maximum atomic E-state index is 13.8. The van der Waals surface area contributed by atoms with Gasteiger partial charge in [-0.1, -0.05) is 24.3 Å². The Morgan fingerprint density at radius 1 is 0.537 bits per heavy atom. The van der Waals surface area contributed by atoms with Crippen LogP contribution in [-0.2, 0) is 55.4 Å². The van der Waals surface area contributed by atoms with Gasteiger partial charge in [0.25, 0.3) is 0 Å². The number of hydrogen-bond acceptors (Lipinski definition) is 27. The number of anilines is 8.